The van der Waals surface area contributed by atoms with Crippen LogP contribution in [0.25, 0.3) is 0 Å². The number of amides is 1. The van der Waals surface area contributed by atoms with E-state index < -0.39 is 0 Å². The molecule has 3 heterocycles. The van der Waals surface area contributed by atoms with Crippen molar-refractivity contribution in [2.24, 2.45) is 0 Å². The van der Waals surface area contributed by atoms with Crippen LogP contribution in [0, 0.1) is 11.3 Å². The zero-order valence-corrected chi connectivity index (χ0v) is 13.8. The quantitative estimate of drug-likeness (QED) is 0.908. The van der Waals surface area contributed by atoms with Crippen LogP contribution < -0.4 is 10.2 Å². The fourth-order valence-electron chi connectivity index (χ4n) is 3.06. The molecule has 0 bridgehead atoms. The summed E-state index contributed by atoms with van der Waals surface area (Å²) in [4.78, 5) is 20.0. The number of rotatable bonds is 2. The third-order valence-corrected chi connectivity index (χ3v) is 5.56. The Balaban J connectivity index is 1.69. The zero-order valence-electron chi connectivity index (χ0n) is 13.0. The fraction of sp³-hybridized carbons (Fsp3) is 0.353. The third-order valence-electron chi connectivity index (χ3n) is 4.33. The molecule has 1 amide bonds. The van der Waals surface area contributed by atoms with Gasteiger partial charge in [0.2, 0.25) is 5.91 Å². The van der Waals surface area contributed by atoms with Gasteiger partial charge in [-0.15, -0.1) is 0 Å². The van der Waals surface area contributed by atoms with Crippen molar-refractivity contribution in [3.63, 3.8) is 0 Å². The molecule has 0 spiro atoms. The fourth-order valence-corrected chi connectivity index (χ4v) is 4.26. The minimum Gasteiger partial charge on any atom is -0.378 e. The van der Waals surface area contributed by atoms with Crippen molar-refractivity contribution in [3.05, 3.63) is 40.3 Å². The maximum atomic E-state index is 12.1. The number of nitriles is 1. The number of nitrogens with one attached hydrogen (secondary N) is 1. The monoisotopic (exact) mass is 340 g/mol. The number of morpholine rings is 1. The topological polar surface area (TPSA) is 78.2 Å². The summed E-state index contributed by atoms with van der Waals surface area (Å²) in [6, 6.07) is 9.58. The summed E-state index contributed by atoms with van der Waals surface area (Å²) in [5, 5.41) is 12.8. The van der Waals surface area contributed by atoms with Crippen molar-refractivity contribution in [3.8, 4) is 6.07 Å². The van der Waals surface area contributed by atoms with Gasteiger partial charge in [0.05, 0.1) is 29.7 Å². The highest BCUT2D eigenvalue weighted by Gasteiger charge is 2.31. The molecule has 1 N–H and O–H groups in total. The van der Waals surface area contributed by atoms with Crippen molar-refractivity contribution in [2.45, 2.75) is 12.3 Å². The molecule has 2 aliphatic heterocycles. The third kappa shape index (κ3) is 2.75. The second-order valence-corrected chi connectivity index (χ2v) is 6.86. The predicted octanol–water partition coefficient (Wildman–Crippen LogP) is 2.33. The van der Waals surface area contributed by atoms with Gasteiger partial charge in [-0.2, -0.15) is 5.26 Å². The van der Waals surface area contributed by atoms with Crippen molar-refractivity contribution >= 4 is 28.2 Å². The van der Waals surface area contributed by atoms with Crippen LogP contribution in [0.5, 0.6) is 0 Å². The van der Waals surface area contributed by atoms with Crippen LogP contribution in [-0.4, -0.2) is 37.2 Å². The lowest BCUT2D eigenvalue weighted by Crippen LogP contribution is -2.36. The van der Waals surface area contributed by atoms with Gasteiger partial charge in [0.1, 0.15) is 5.82 Å². The smallest absolute Gasteiger partial charge is 0.226 e. The van der Waals surface area contributed by atoms with Crippen LogP contribution in [-0.2, 0) is 9.53 Å². The van der Waals surface area contributed by atoms with Crippen molar-refractivity contribution in [1.82, 2.24) is 4.98 Å². The summed E-state index contributed by atoms with van der Waals surface area (Å²) in [5.41, 5.74) is 1.67. The molecular formula is C17H16N4O2S. The Bertz CT molecular complexity index is 803. The number of anilines is 2. The van der Waals surface area contributed by atoms with Gasteiger partial charge in [0.15, 0.2) is 5.13 Å². The molecule has 4 rings (SSSR count). The molecule has 7 heteroatoms. The van der Waals surface area contributed by atoms with E-state index >= 15 is 0 Å². The summed E-state index contributed by atoms with van der Waals surface area (Å²) in [7, 11) is 0. The SMILES string of the molecule is N#Cc1ccc(C2CC(=O)Nc3nc(N4CCOCC4)sc32)cc1. The Morgan fingerprint density at radius 3 is 2.75 bits per heavy atom. The second kappa shape index (κ2) is 6.23. The molecule has 1 fully saturated rings. The minimum absolute atomic E-state index is 0.00576. The van der Waals surface area contributed by atoms with Crippen LogP contribution in [0.3, 0.4) is 0 Å². The van der Waals surface area contributed by atoms with Gasteiger partial charge >= 0.3 is 0 Å². The number of aromatic nitrogens is 1. The Morgan fingerprint density at radius 1 is 1.29 bits per heavy atom. The van der Waals surface area contributed by atoms with Gasteiger partial charge in [-0.25, -0.2) is 4.98 Å². The Labute approximate surface area is 143 Å². The number of hydrogen-bond donors (Lipinski definition) is 1. The maximum Gasteiger partial charge on any atom is 0.226 e. The van der Waals surface area contributed by atoms with E-state index in [-0.39, 0.29) is 11.8 Å². The molecule has 1 saturated heterocycles. The van der Waals surface area contributed by atoms with E-state index in [2.05, 4.69) is 21.3 Å². The van der Waals surface area contributed by atoms with Crippen LogP contribution in [0.2, 0.25) is 0 Å². The molecule has 1 unspecified atom stereocenters. The summed E-state index contributed by atoms with van der Waals surface area (Å²) < 4.78 is 5.39. The number of benzene rings is 1. The van der Waals surface area contributed by atoms with Crippen LogP contribution in [0.4, 0.5) is 10.9 Å². The first-order valence-electron chi connectivity index (χ1n) is 7.88. The molecule has 0 aliphatic carbocycles. The molecule has 0 saturated carbocycles. The van der Waals surface area contributed by atoms with Gasteiger partial charge in [-0.1, -0.05) is 23.5 Å². The van der Waals surface area contributed by atoms with Gasteiger partial charge in [-0.3, -0.25) is 4.79 Å². The average Bonchev–Trinajstić information content (AvgIpc) is 3.06. The molecule has 1 atom stereocenters. The molecule has 1 aromatic carbocycles. The lowest BCUT2D eigenvalue weighted by Gasteiger charge is -2.26. The number of nitrogens with zero attached hydrogens (tertiary/aromatic N) is 3. The zero-order chi connectivity index (χ0) is 16.5. The summed E-state index contributed by atoms with van der Waals surface area (Å²) in [6.45, 7) is 3.05. The second-order valence-electron chi connectivity index (χ2n) is 5.85. The molecular weight excluding hydrogens is 324 g/mol. The number of carbonyl (C=O) groups is 1. The number of thiazole rings is 1. The molecule has 24 heavy (non-hydrogen) atoms. The van der Waals surface area contributed by atoms with Gasteiger partial charge in [0.25, 0.3) is 0 Å². The number of hydrogen-bond acceptors (Lipinski definition) is 6. The van der Waals surface area contributed by atoms with Gasteiger partial charge in [0, 0.05) is 25.4 Å². The number of ether oxygens (including phenoxy) is 1. The standard InChI is InChI=1S/C17H16N4O2S/c18-10-11-1-3-12(4-2-11)13-9-14(22)19-16-15(13)24-17(20-16)21-5-7-23-8-6-21/h1-4,13H,5-9H2,(H,19,22). The van der Waals surface area contributed by atoms with E-state index in [1.807, 2.05) is 12.1 Å². The number of fused-ring (bicyclic) bond motifs is 1. The Morgan fingerprint density at radius 2 is 2.04 bits per heavy atom. The van der Waals surface area contributed by atoms with E-state index in [1.165, 1.54) is 0 Å². The highest BCUT2D eigenvalue weighted by molar-refractivity contribution is 7.16. The lowest BCUT2D eigenvalue weighted by molar-refractivity contribution is -0.116. The van der Waals surface area contributed by atoms with E-state index in [9.17, 15) is 4.79 Å². The average molecular weight is 340 g/mol. The summed E-state index contributed by atoms with van der Waals surface area (Å²) >= 11 is 1.64. The molecule has 0 radical (unpaired) electrons. The normalized spacial score (nSPS) is 20.2. The first-order chi connectivity index (χ1) is 11.7. The van der Waals surface area contributed by atoms with E-state index in [1.54, 1.807) is 23.5 Å². The van der Waals surface area contributed by atoms with E-state index in [4.69, 9.17) is 10.00 Å². The largest absolute Gasteiger partial charge is 0.378 e. The lowest BCUT2D eigenvalue weighted by atomic mass is 9.91. The molecule has 2 aromatic rings. The predicted molar refractivity (Wildman–Crippen MR) is 91.4 cm³/mol. The highest BCUT2D eigenvalue weighted by Crippen LogP contribution is 2.43. The number of carbonyl (C=O) groups excluding carboxylic acids is 1. The first kappa shape index (κ1) is 15.1. The van der Waals surface area contributed by atoms with Crippen molar-refractivity contribution in [2.75, 3.05) is 36.5 Å². The van der Waals surface area contributed by atoms with Gasteiger partial charge < -0.3 is 15.0 Å². The van der Waals surface area contributed by atoms with Crippen molar-refractivity contribution < 1.29 is 9.53 Å². The first-order valence-corrected chi connectivity index (χ1v) is 8.69. The van der Waals surface area contributed by atoms with E-state index in [0.717, 1.165) is 28.7 Å². The Hall–Kier alpha value is -2.43. The summed E-state index contributed by atoms with van der Waals surface area (Å²) in [6.07, 6.45) is 0.406. The molecule has 1 aromatic heterocycles. The Kier molecular flexibility index (Phi) is 3.92. The van der Waals surface area contributed by atoms with Gasteiger partial charge in [-0.05, 0) is 17.7 Å². The summed E-state index contributed by atoms with van der Waals surface area (Å²) in [5.74, 6) is 0.650. The molecule has 122 valence electrons. The highest BCUT2D eigenvalue weighted by atomic mass is 32.1. The maximum absolute atomic E-state index is 12.1. The van der Waals surface area contributed by atoms with Crippen LogP contribution >= 0.6 is 11.3 Å². The van der Waals surface area contributed by atoms with E-state index in [0.29, 0.717) is 31.0 Å². The van der Waals surface area contributed by atoms with Crippen LogP contribution in [0.1, 0.15) is 28.3 Å². The van der Waals surface area contributed by atoms with Crippen LogP contribution in [0.15, 0.2) is 24.3 Å². The molecule has 2 aliphatic rings. The van der Waals surface area contributed by atoms with Crippen molar-refractivity contribution in [1.29, 1.82) is 5.26 Å². The molecule has 6 nitrogen and oxygen atoms in total. The minimum atomic E-state index is -0.0179.